The lowest BCUT2D eigenvalue weighted by Crippen LogP contribution is -2.41. The molecule has 0 spiro atoms. The topological polar surface area (TPSA) is 32.3 Å². The molecule has 1 fully saturated rings. The summed E-state index contributed by atoms with van der Waals surface area (Å²) in [7, 11) is 0. The van der Waals surface area contributed by atoms with Gasteiger partial charge in [-0.05, 0) is 83.0 Å². The molecule has 1 heterocycles. The van der Waals surface area contributed by atoms with E-state index in [2.05, 4.69) is 43.8 Å². The molecule has 104 valence electrons. The van der Waals surface area contributed by atoms with Crippen molar-refractivity contribution in [2.45, 2.75) is 25.8 Å². The lowest BCUT2D eigenvalue weighted by Gasteiger charge is -2.25. The fourth-order valence-electron chi connectivity index (χ4n) is 2.37. The number of nitrogens with zero attached hydrogens (tertiary/aromatic N) is 1. The van der Waals surface area contributed by atoms with E-state index >= 15 is 0 Å². The average molecular weight is 437 g/mol. The SMILES string of the molecule is CCN(CC1CCCN1)C(=O)c1cc(I)ccc1Br. The second-order valence-corrected chi connectivity index (χ2v) is 6.86. The second kappa shape index (κ2) is 7.04. The minimum absolute atomic E-state index is 0.113. The number of amides is 1. The van der Waals surface area contributed by atoms with Gasteiger partial charge in [-0.3, -0.25) is 4.79 Å². The zero-order chi connectivity index (χ0) is 13.8. The maximum Gasteiger partial charge on any atom is 0.255 e. The first-order valence-electron chi connectivity index (χ1n) is 6.59. The minimum Gasteiger partial charge on any atom is -0.337 e. The molecule has 1 aromatic rings. The van der Waals surface area contributed by atoms with Crippen LogP contribution >= 0.6 is 38.5 Å². The molecule has 1 aromatic carbocycles. The van der Waals surface area contributed by atoms with E-state index in [0.29, 0.717) is 6.04 Å². The third kappa shape index (κ3) is 3.92. The summed E-state index contributed by atoms with van der Waals surface area (Å²) in [5.74, 6) is 0.113. The van der Waals surface area contributed by atoms with Gasteiger partial charge in [0.2, 0.25) is 0 Å². The van der Waals surface area contributed by atoms with E-state index in [0.717, 1.165) is 39.7 Å². The van der Waals surface area contributed by atoms with Crippen molar-refractivity contribution in [3.05, 3.63) is 31.8 Å². The van der Waals surface area contributed by atoms with Gasteiger partial charge >= 0.3 is 0 Å². The number of likely N-dealkylation sites (N-methyl/N-ethyl adjacent to an activating group) is 1. The maximum absolute atomic E-state index is 12.6. The predicted molar refractivity (Wildman–Crippen MR) is 89.5 cm³/mol. The van der Waals surface area contributed by atoms with E-state index in [1.807, 2.05) is 30.0 Å². The zero-order valence-electron chi connectivity index (χ0n) is 11.0. The fourth-order valence-corrected chi connectivity index (χ4v) is 3.27. The second-order valence-electron chi connectivity index (χ2n) is 4.76. The molecule has 1 aliphatic rings. The summed E-state index contributed by atoms with van der Waals surface area (Å²) in [5.41, 5.74) is 0.756. The molecule has 2 rings (SSSR count). The highest BCUT2D eigenvalue weighted by Gasteiger charge is 2.22. The van der Waals surface area contributed by atoms with Gasteiger partial charge in [0.1, 0.15) is 0 Å². The number of hydrogen-bond acceptors (Lipinski definition) is 2. The largest absolute Gasteiger partial charge is 0.337 e. The monoisotopic (exact) mass is 436 g/mol. The van der Waals surface area contributed by atoms with Crippen LogP contribution in [0.3, 0.4) is 0 Å². The standard InChI is InChI=1S/C14H18BrIN2O/c1-2-18(9-11-4-3-7-17-11)14(19)12-8-10(16)5-6-13(12)15/h5-6,8,11,17H,2-4,7,9H2,1H3. The van der Waals surface area contributed by atoms with Gasteiger partial charge in [-0.2, -0.15) is 0 Å². The normalized spacial score (nSPS) is 18.6. The van der Waals surface area contributed by atoms with Crippen LogP contribution in [-0.2, 0) is 0 Å². The summed E-state index contributed by atoms with van der Waals surface area (Å²) in [6, 6.07) is 6.33. The molecular formula is C14H18BrIN2O. The highest BCUT2D eigenvalue weighted by atomic mass is 127. The molecule has 1 saturated heterocycles. The molecular weight excluding hydrogens is 419 g/mol. The molecule has 1 aliphatic heterocycles. The van der Waals surface area contributed by atoms with Crippen molar-refractivity contribution in [2.24, 2.45) is 0 Å². The van der Waals surface area contributed by atoms with Crippen LogP contribution in [0.5, 0.6) is 0 Å². The Morgan fingerprint density at radius 3 is 3.00 bits per heavy atom. The van der Waals surface area contributed by atoms with Crippen molar-refractivity contribution in [1.82, 2.24) is 10.2 Å². The first-order valence-corrected chi connectivity index (χ1v) is 8.46. The highest BCUT2D eigenvalue weighted by molar-refractivity contribution is 14.1. The number of carbonyl (C=O) groups is 1. The molecule has 0 aliphatic carbocycles. The third-order valence-electron chi connectivity index (χ3n) is 3.43. The summed E-state index contributed by atoms with van der Waals surface area (Å²) in [6.45, 7) is 4.65. The molecule has 3 nitrogen and oxygen atoms in total. The lowest BCUT2D eigenvalue weighted by atomic mass is 10.1. The zero-order valence-corrected chi connectivity index (χ0v) is 14.7. The van der Waals surface area contributed by atoms with Crippen molar-refractivity contribution >= 4 is 44.4 Å². The van der Waals surface area contributed by atoms with E-state index < -0.39 is 0 Å². The van der Waals surface area contributed by atoms with Crippen molar-refractivity contribution in [3.63, 3.8) is 0 Å². The van der Waals surface area contributed by atoms with Crippen LogP contribution in [0.4, 0.5) is 0 Å². The van der Waals surface area contributed by atoms with Gasteiger partial charge in [0.15, 0.2) is 0 Å². The van der Waals surface area contributed by atoms with E-state index in [4.69, 9.17) is 0 Å². The molecule has 19 heavy (non-hydrogen) atoms. The Kier molecular flexibility index (Phi) is 5.65. The Morgan fingerprint density at radius 2 is 2.37 bits per heavy atom. The van der Waals surface area contributed by atoms with E-state index in [-0.39, 0.29) is 5.91 Å². The van der Waals surface area contributed by atoms with Gasteiger partial charge in [-0.1, -0.05) is 0 Å². The van der Waals surface area contributed by atoms with Crippen LogP contribution in [0.15, 0.2) is 22.7 Å². The predicted octanol–water partition coefficient (Wildman–Crippen LogP) is 3.27. The summed E-state index contributed by atoms with van der Waals surface area (Å²) in [6.07, 6.45) is 2.38. The van der Waals surface area contributed by atoms with E-state index in [9.17, 15) is 4.79 Å². The van der Waals surface area contributed by atoms with Gasteiger partial charge in [0.05, 0.1) is 5.56 Å². The maximum atomic E-state index is 12.6. The number of rotatable bonds is 4. The highest BCUT2D eigenvalue weighted by Crippen LogP contribution is 2.21. The van der Waals surface area contributed by atoms with E-state index in [1.165, 1.54) is 6.42 Å². The van der Waals surface area contributed by atoms with Crippen molar-refractivity contribution in [3.8, 4) is 0 Å². The first kappa shape index (κ1) is 15.3. The number of benzene rings is 1. The van der Waals surface area contributed by atoms with Gasteiger partial charge in [0.25, 0.3) is 5.91 Å². The number of halogens is 2. The smallest absolute Gasteiger partial charge is 0.255 e. The number of nitrogens with one attached hydrogen (secondary N) is 1. The molecule has 0 saturated carbocycles. The number of hydrogen-bond donors (Lipinski definition) is 1. The van der Waals surface area contributed by atoms with Crippen LogP contribution in [0.2, 0.25) is 0 Å². The minimum atomic E-state index is 0.113. The Bertz CT molecular complexity index is 461. The van der Waals surface area contributed by atoms with Crippen LogP contribution < -0.4 is 5.32 Å². The summed E-state index contributed by atoms with van der Waals surface area (Å²) in [5, 5.41) is 3.45. The molecule has 1 N–H and O–H groups in total. The number of carbonyl (C=O) groups excluding carboxylic acids is 1. The Balaban J connectivity index is 2.12. The third-order valence-corrected chi connectivity index (χ3v) is 4.79. The summed E-state index contributed by atoms with van der Waals surface area (Å²) in [4.78, 5) is 14.5. The van der Waals surface area contributed by atoms with Crippen molar-refractivity contribution < 1.29 is 4.79 Å². The first-order chi connectivity index (χ1) is 9.11. The van der Waals surface area contributed by atoms with Gasteiger partial charge in [-0.25, -0.2) is 0 Å². The fraction of sp³-hybridized carbons (Fsp3) is 0.500. The van der Waals surface area contributed by atoms with Crippen LogP contribution in [0, 0.1) is 3.57 Å². The summed E-state index contributed by atoms with van der Waals surface area (Å²) < 4.78 is 1.95. The average Bonchev–Trinajstić information content (AvgIpc) is 2.91. The quantitative estimate of drug-likeness (QED) is 0.734. The molecule has 1 unspecified atom stereocenters. The van der Waals surface area contributed by atoms with Crippen LogP contribution in [0.1, 0.15) is 30.1 Å². The molecule has 0 radical (unpaired) electrons. The molecule has 1 amide bonds. The van der Waals surface area contributed by atoms with Crippen LogP contribution in [-0.4, -0.2) is 36.5 Å². The molecule has 5 heteroatoms. The van der Waals surface area contributed by atoms with Crippen molar-refractivity contribution in [2.75, 3.05) is 19.6 Å². The van der Waals surface area contributed by atoms with Crippen LogP contribution in [0.25, 0.3) is 0 Å². The molecule has 0 bridgehead atoms. The Hall–Kier alpha value is -0.140. The van der Waals surface area contributed by atoms with E-state index in [1.54, 1.807) is 0 Å². The molecule has 0 aromatic heterocycles. The molecule has 1 atom stereocenters. The van der Waals surface area contributed by atoms with Gasteiger partial charge in [0, 0.05) is 27.2 Å². The Morgan fingerprint density at radius 1 is 1.58 bits per heavy atom. The van der Waals surface area contributed by atoms with Crippen molar-refractivity contribution in [1.29, 1.82) is 0 Å². The summed E-state index contributed by atoms with van der Waals surface area (Å²) >= 11 is 5.71. The van der Waals surface area contributed by atoms with Gasteiger partial charge in [-0.15, -0.1) is 0 Å². The van der Waals surface area contributed by atoms with Gasteiger partial charge < -0.3 is 10.2 Å². The lowest BCUT2D eigenvalue weighted by molar-refractivity contribution is 0.0750. The Labute approximate surface area is 136 Å².